The Hall–Kier alpha value is -3.30. The van der Waals surface area contributed by atoms with Crippen LogP contribution in [0.5, 0.6) is 0 Å². The number of hydrogen-bond acceptors (Lipinski definition) is 5. The van der Waals surface area contributed by atoms with E-state index in [0.717, 1.165) is 44.4 Å². The summed E-state index contributed by atoms with van der Waals surface area (Å²) in [6.07, 6.45) is 5.54. The Morgan fingerprint density at radius 3 is 2.53 bits per heavy atom. The van der Waals surface area contributed by atoms with Crippen molar-refractivity contribution in [2.45, 2.75) is 38.3 Å². The van der Waals surface area contributed by atoms with Crippen molar-refractivity contribution in [3.63, 3.8) is 0 Å². The zero-order chi connectivity index (χ0) is 21.1. The summed E-state index contributed by atoms with van der Waals surface area (Å²) in [4.78, 5) is 24.3. The lowest BCUT2D eigenvalue weighted by atomic mass is 9.89. The van der Waals surface area contributed by atoms with Crippen LogP contribution in [0.4, 0.5) is 19.0 Å². The molecule has 0 aliphatic heterocycles. The number of aromatic nitrogens is 5. The molecule has 4 rings (SSSR count). The Kier molecular flexibility index (Phi) is 5.47. The van der Waals surface area contributed by atoms with Crippen molar-refractivity contribution in [1.82, 2.24) is 24.7 Å². The predicted molar refractivity (Wildman–Crippen MR) is 103 cm³/mol. The molecule has 1 fully saturated rings. The van der Waals surface area contributed by atoms with Gasteiger partial charge in [-0.15, -0.1) is 0 Å². The molecule has 0 unspecified atom stereocenters. The lowest BCUT2D eigenvalue weighted by molar-refractivity contribution is -0.142. The molecule has 7 nitrogen and oxygen atoms in total. The maximum Gasteiger partial charge on any atom is 0.433 e. The highest BCUT2D eigenvalue weighted by Crippen LogP contribution is 2.33. The Bertz CT molecular complexity index is 1010. The minimum Gasteiger partial charge on any atom is -0.309 e. The number of halogens is 3. The van der Waals surface area contributed by atoms with E-state index >= 15 is 0 Å². The van der Waals surface area contributed by atoms with Gasteiger partial charge in [0.15, 0.2) is 17.3 Å². The third-order valence-corrected chi connectivity index (χ3v) is 5.04. The molecule has 3 aromatic heterocycles. The molecular formula is C20H19F3N6O. The van der Waals surface area contributed by atoms with E-state index in [9.17, 15) is 18.0 Å². The highest BCUT2D eigenvalue weighted by atomic mass is 19.4. The molecule has 0 radical (unpaired) electrons. The fourth-order valence-corrected chi connectivity index (χ4v) is 3.50. The second kappa shape index (κ2) is 8.21. The molecule has 0 spiro atoms. The average Bonchev–Trinajstić information content (AvgIpc) is 3.22. The van der Waals surface area contributed by atoms with Crippen LogP contribution in [0.2, 0.25) is 0 Å². The lowest BCUT2D eigenvalue weighted by Gasteiger charge is -2.20. The molecule has 1 aliphatic rings. The van der Waals surface area contributed by atoms with E-state index < -0.39 is 11.9 Å². The molecule has 3 heterocycles. The van der Waals surface area contributed by atoms with Crippen LogP contribution in [0.3, 0.4) is 0 Å². The van der Waals surface area contributed by atoms with Gasteiger partial charge in [-0.2, -0.15) is 18.3 Å². The van der Waals surface area contributed by atoms with Crippen molar-refractivity contribution in [2.24, 2.45) is 5.92 Å². The van der Waals surface area contributed by atoms with Crippen molar-refractivity contribution in [2.75, 3.05) is 5.32 Å². The molecule has 30 heavy (non-hydrogen) atoms. The molecule has 1 saturated carbocycles. The quantitative estimate of drug-likeness (QED) is 0.687. The summed E-state index contributed by atoms with van der Waals surface area (Å²) in [5.74, 6) is -0.105. The minimum absolute atomic E-state index is 0.0646. The molecule has 0 bridgehead atoms. The first-order valence-corrected chi connectivity index (χ1v) is 9.63. The van der Waals surface area contributed by atoms with Gasteiger partial charge in [0.05, 0.1) is 18.1 Å². The molecule has 0 aromatic carbocycles. The molecule has 3 aromatic rings. The van der Waals surface area contributed by atoms with Gasteiger partial charge in [0.25, 0.3) is 0 Å². The van der Waals surface area contributed by atoms with Crippen LogP contribution in [0.1, 0.15) is 37.8 Å². The van der Waals surface area contributed by atoms with Gasteiger partial charge in [-0.3, -0.25) is 9.78 Å². The average molecular weight is 416 g/mol. The number of carbonyl (C=O) groups is 1. The summed E-state index contributed by atoms with van der Waals surface area (Å²) in [5.41, 5.74) is -0.410. The highest BCUT2D eigenvalue weighted by molar-refractivity contribution is 5.91. The Morgan fingerprint density at radius 2 is 1.90 bits per heavy atom. The second-order valence-electron chi connectivity index (χ2n) is 7.15. The van der Waals surface area contributed by atoms with Gasteiger partial charge in [-0.1, -0.05) is 19.3 Å². The van der Waals surface area contributed by atoms with Crippen LogP contribution in [-0.2, 0) is 11.0 Å². The number of hydrogen-bond donors (Lipinski definition) is 1. The summed E-state index contributed by atoms with van der Waals surface area (Å²) >= 11 is 0. The van der Waals surface area contributed by atoms with E-state index in [-0.39, 0.29) is 29.2 Å². The van der Waals surface area contributed by atoms with E-state index in [2.05, 4.69) is 25.4 Å². The zero-order valence-electron chi connectivity index (χ0n) is 15.9. The molecule has 1 aliphatic carbocycles. The van der Waals surface area contributed by atoms with Crippen LogP contribution in [0.25, 0.3) is 17.1 Å². The molecule has 0 saturated heterocycles. The first kappa shape index (κ1) is 20.0. The summed E-state index contributed by atoms with van der Waals surface area (Å²) < 4.78 is 41.3. The van der Waals surface area contributed by atoms with Crippen LogP contribution in [0.15, 0.2) is 43.0 Å². The van der Waals surface area contributed by atoms with E-state index in [0.29, 0.717) is 10.2 Å². The third kappa shape index (κ3) is 4.32. The number of rotatable bonds is 4. The summed E-state index contributed by atoms with van der Waals surface area (Å²) in [7, 11) is 0. The number of nitrogens with one attached hydrogen (secondary N) is 1. The summed E-state index contributed by atoms with van der Waals surface area (Å²) in [6, 6.07) is 4.18. The van der Waals surface area contributed by atoms with Crippen LogP contribution in [-0.4, -0.2) is 30.6 Å². The van der Waals surface area contributed by atoms with Gasteiger partial charge in [0.2, 0.25) is 5.91 Å². The zero-order valence-corrected chi connectivity index (χ0v) is 15.9. The van der Waals surface area contributed by atoms with Crippen LogP contribution in [0, 0.1) is 5.92 Å². The van der Waals surface area contributed by atoms with Crippen molar-refractivity contribution < 1.29 is 18.0 Å². The van der Waals surface area contributed by atoms with Crippen molar-refractivity contribution >= 4 is 11.7 Å². The first-order chi connectivity index (χ1) is 14.4. The van der Waals surface area contributed by atoms with Gasteiger partial charge < -0.3 is 5.32 Å². The topological polar surface area (TPSA) is 85.6 Å². The highest BCUT2D eigenvalue weighted by Gasteiger charge is 2.37. The van der Waals surface area contributed by atoms with Gasteiger partial charge >= 0.3 is 6.18 Å². The van der Waals surface area contributed by atoms with Crippen LogP contribution >= 0.6 is 0 Å². The van der Waals surface area contributed by atoms with Gasteiger partial charge in [-0.05, 0) is 31.0 Å². The van der Waals surface area contributed by atoms with Crippen LogP contribution < -0.4 is 5.32 Å². The minimum atomic E-state index is -4.64. The third-order valence-electron chi connectivity index (χ3n) is 5.04. The fraction of sp³-hybridized carbons (Fsp3) is 0.350. The number of anilines is 1. The van der Waals surface area contributed by atoms with Crippen molar-refractivity contribution in [1.29, 1.82) is 0 Å². The Morgan fingerprint density at radius 1 is 1.10 bits per heavy atom. The largest absolute Gasteiger partial charge is 0.433 e. The normalized spacial score (nSPS) is 15.2. The standard InChI is InChI=1S/C20H19F3N6O/c21-20(22,23)16-9-15(14-7-4-8-24-10-14)28-29(16)18-12-25-17(11-26-18)27-19(30)13-5-2-1-3-6-13/h4,7-13H,1-3,5-6H2,(H,25,27,30). The Labute approximate surface area is 170 Å². The molecule has 0 atom stereocenters. The number of nitrogens with zero attached hydrogens (tertiary/aromatic N) is 5. The molecular weight excluding hydrogens is 397 g/mol. The first-order valence-electron chi connectivity index (χ1n) is 9.63. The van der Waals surface area contributed by atoms with Gasteiger partial charge in [-0.25, -0.2) is 14.6 Å². The van der Waals surface area contributed by atoms with Gasteiger partial charge in [0.1, 0.15) is 0 Å². The Balaban J connectivity index is 1.59. The lowest BCUT2D eigenvalue weighted by Crippen LogP contribution is -2.25. The monoisotopic (exact) mass is 416 g/mol. The van der Waals surface area contributed by atoms with E-state index in [1.165, 1.54) is 18.6 Å². The molecule has 1 N–H and O–H groups in total. The van der Waals surface area contributed by atoms with E-state index in [4.69, 9.17) is 0 Å². The van der Waals surface area contributed by atoms with Gasteiger partial charge in [0, 0.05) is 23.9 Å². The SMILES string of the molecule is O=C(Nc1cnc(-n2nc(-c3cccnc3)cc2C(F)(F)F)cn1)C1CCCCC1. The second-order valence-corrected chi connectivity index (χ2v) is 7.15. The van der Waals surface area contributed by atoms with E-state index in [1.54, 1.807) is 12.1 Å². The van der Waals surface area contributed by atoms with Crippen molar-refractivity contribution in [3.05, 3.63) is 48.7 Å². The molecule has 10 heteroatoms. The van der Waals surface area contributed by atoms with Crippen molar-refractivity contribution in [3.8, 4) is 17.1 Å². The summed E-state index contributed by atoms with van der Waals surface area (Å²) in [5, 5.41) is 6.74. The molecule has 156 valence electrons. The summed E-state index contributed by atoms with van der Waals surface area (Å²) in [6.45, 7) is 0. The number of carbonyl (C=O) groups excluding carboxylic acids is 1. The number of pyridine rings is 1. The predicted octanol–water partition coefficient (Wildman–Crippen LogP) is 4.26. The number of amides is 1. The maximum atomic E-state index is 13.5. The maximum absolute atomic E-state index is 13.5. The van der Waals surface area contributed by atoms with E-state index in [1.807, 2.05) is 0 Å². The molecule has 1 amide bonds. The smallest absolute Gasteiger partial charge is 0.309 e. The number of alkyl halides is 3. The fourth-order valence-electron chi connectivity index (χ4n) is 3.50.